The molecule has 0 saturated carbocycles. The van der Waals surface area contributed by atoms with Gasteiger partial charge in [-0.2, -0.15) is 10.4 Å². The number of aromatic nitrogens is 2. The summed E-state index contributed by atoms with van der Waals surface area (Å²) in [4.78, 5) is 16.8. The van der Waals surface area contributed by atoms with E-state index in [1.807, 2.05) is 43.4 Å². The number of carbonyl (C=O) groups is 1. The third-order valence-electron chi connectivity index (χ3n) is 5.06. The molecule has 0 unspecified atom stereocenters. The van der Waals surface area contributed by atoms with Crippen molar-refractivity contribution in [1.82, 2.24) is 9.78 Å². The van der Waals surface area contributed by atoms with Gasteiger partial charge in [-0.15, -0.1) is 0 Å². The summed E-state index contributed by atoms with van der Waals surface area (Å²) in [5.74, 6) is 0.674. The number of nitriles is 1. The van der Waals surface area contributed by atoms with E-state index in [4.69, 9.17) is 4.74 Å². The van der Waals surface area contributed by atoms with Crippen LogP contribution in [0.2, 0.25) is 0 Å². The third kappa shape index (κ3) is 3.52. The molecule has 1 amide bonds. The van der Waals surface area contributed by atoms with Crippen molar-refractivity contribution in [3.63, 3.8) is 0 Å². The van der Waals surface area contributed by atoms with E-state index in [0.29, 0.717) is 36.6 Å². The van der Waals surface area contributed by atoms with Gasteiger partial charge < -0.3 is 14.5 Å². The Bertz CT molecular complexity index is 1080. The number of nitrogens with zero attached hydrogens (tertiary/aromatic N) is 5. The summed E-state index contributed by atoms with van der Waals surface area (Å²) in [6.07, 6.45) is 0. The molecule has 0 saturated heterocycles. The number of carbonyl (C=O) groups excluding carboxylic acids is 1. The minimum atomic E-state index is -0.134. The van der Waals surface area contributed by atoms with E-state index in [0.717, 1.165) is 17.1 Å². The van der Waals surface area contributed by atoms with Gasteiger partial charge in [0.2, 0.25) is 0 Å². The second kappa shape index (κ2) is 7.68. The molecule has 1 aliphatic rings. The predicted octanol–water partition coefficient (Wildman–Crippen LogP) is 3.06. The Balaban J connectivity index is 1.54. The average molecular weight is 387 g/mol. The molecular formula is C22H21N5O2. The number of rotatable bonds is 5. The molecule has 2 aromatic carbocycles. The maximum Gasteiger partial charge on any atom is 0.276 e. The Labute approximate surface area is 169 Å². The molecule has 0 bridgehead atoms. The number of para-hydroxylation sites is 1. The minimum absolute atomic E-state index is 0.134. The van der Waals surface area contributed by atoms with Gasteiger partial charge in [0.05, 0.1) is 37.1 Å². The number of hydrogen-bond acceptors (Lipinski definition) is 5. The molecule has 0 N–H and O–H groups in total. The highest BCUT2D eigenvalue weighted by molar-refractivity contribution is 6.06. The number of methoxy groups -OCH3 is 1. The Kier molecular flexibility index (Phi) is 4.92. The number of anilines is 2. The van der Waals surface area contributed by atoms with Gasteiger partial charge in [0.15, 0.2) is 0 Å². The Hall–Kier alpha value is -3.79. The lowest BCUT2D eigenvalue weighted by Gasteiger charge is -2.28. The summed E-state index contributed by atoms with van der Waals surface area (Å²) in [6, 6.07) is 19.0. The van der Waals surface area contributed by atoms with Crippen LogP contribution in [0.25, 0.3) is 0 Å². The van der Waals surface area contributed by atoms with Crippen LogP contribution in [-0.2, 0) is 13.1 Å². The fraction of sp³-hybridized carbons (Fsp3) is 0.227. The molecule has 7 heteroatoms. The van der Waals surface area contributed by atoms with E-state index in [1.54, 1.807) is 34.9 Å². The first-order valence-electron chi connectivity index (χ1n) is 9.33. The molecule has 0 spiro atoms. The maximum atomic E-state index is 13.1. The second-order valence-corrected chi connectivity index (χ2v) is 6.88. The normalized spacial score (nSPS) is 13.0. The van der Waals surface area contributed by atoms with Crippen molar-refractivity contribution >= 4 is 17.3 Å². The fourth-order valence-corrected chi connectivity index (χ4v) is 3.53. The lowest BCUT2D eigenvalue weighted by atomic mass is 10.1. The first-order valence-corrected chi connectivity index (χ1v) is 9.33. The van der Waals surface area contributed by atoms with E-state index in [9.17, 15) is 10.1 Å². The van der Waals surface area contributed by atoms with Crippen LogP contribution in [0.4, 0.5) is 11.4 Å². The van der Waals surface area contributed by atoms with Gasteiger partial charge >= 0.3 is 0 Å². The van der Waals surface area contributed by atoms with E-state index in [-0.39, 0.29) is 5.91 Å². The summed E-state index contributed by atoms with van der Waals surface area (Å²) in [6.45, 7) is 1.65. The topological polar surface area (TPSA) is 74.4 Å². The number of ether oxygens (including phenoxy) is 1. The van der Waals surface area contributed by atoms with E-state index in [2.05, 4.69) is 16.1 Å². The molecule has 3 aromatic rings. The van der Waals surface area contributed by atoms with Crippen LogP contribution in [-0.4, -0.2) is 36.4 Å². The first-order chi connectivity index (χ1) is 14.1. The van der Waals surface area contributed by atoms with Crippen molar-refractivity contribution in [3.05, 3.63) is 71.5 Å². The van der Waals surface area contributed by atoms with Crippen molar-refractivity contribution in [2.75, 3.05) is 30.5 Å². The second-order valence-electron chi connectivity index (χ2n) is 6.88. The summed E-state index contributed by atoms with van der Waals surface area (Å²) >= 11 is 0. The SMILES string of the molecule is COc1ccc(N(C)Cc2cc3n(n2)CCN(c2ccccc2C#N)C3=O)cc1. The van der Waals surface area contributed by atoms with Gasteiger partial charge in [-0.25, -0.2) is 0 Å². The zero-order valence-electron chi connectivity index (χ0n) is 16.4. The molecule has 0 atom stereocenters. The Morgan fingerprint density at radius 2 is 1.93 bits per heavy atom. The van der Waals surface area contributed by atoms with Crippen LogP contribution in [0.1, 0.15) is 21.7 Å². The van der Waals surface area contributed by atoms with Crippen LogP contribution in [0.3, 0.4) is 0 Å². The quantitative estimate of drug-likeness (QED) is 0.673. The molecule has 4 rings (SSSR count). The van der Waals surface area contributed by atoms with Gasteiger partial charge in [-0.3, -0.25) is 9.48 Å². The van der Waals surface area contributed by atoms with Crippen LogP contribution in [0, 0.1) is 11.3 Å². The van der Waals surface area contributed by atoms with Gasteiger partial charge in [0, 0.05) is 19.3 Å². The van der Waals surface area contributed by atoms with Crippen molar-refractivity contribution < 1.29 is 9.53 Å². The van der Waals surface area contributed by atoms with Crippen LogP contribution in [0.15, 0.2) is 54.6 Å². The van der Waals surface area contributed by atoms with E-state index >= 15 is 0 Å². The number of hydrogen-bond donors (Lipinski definition) is 0. The van der Waals surface area contributed by atoms with Gasteiger partial charge in [0.25, 0.3) is 5.91 Å². The lowest BCUT2D eigenvalue weighted by Crippen LogP contribution is -2.40. The lowest BCUT2D eigenvalue weighted by molar-refractivity contribution is 0.0962. The molecule has 0 radical (unpaired) electrons. The average Bonchev–Trinajstić information content (AvgIpc) is 3.17. The van der Waals surface area contributed by atoms with Crippen molar-refractivity contribution in [3.8, 4) is 11.8 Å². The van der Waals surface area contributed by atoms with Gasteiger partial charge in [-0.05, 0) is 42.5 Å². The summed E-state index contributed by atoms with van der Waals surface area (Å²) in [7, 11) is 3.63. The fourth-order valence-electron chi connectivity index (χ4n) is 3.53. The van der Waals surface area contributed by atoms with Crippen molar-refractivity contribution in [2.24, 2.45) is 0 Å². The number of benzene rings is 2. The highest BCUT2D eigenvalue weighted by Crippen LogP contribution is 2.25. The number of amides is 1. The maximum absolute atomic E-state index is 13.1. The number of fused-ring (bicyclic) bond motifs is 1. The molecule has 0 aliphatic carbocycles. The van der Waals surface area contributed by atoms with Crippen LogP contribution >= 0.6 is 0 Å². The molecule has 2 heterocycles. The molecule has 1 aromatic heterocycles. The minimum Gasteiger partial charge on any atom is -0.497 e. The van der Waals surface area contributed by atoms with Gasteiger partial charge in [-0.1, -0.05) is 12.1 Å². The summed E-state index contributed by atoms with van der Waals surface area (Å²) < 4.78 is 6.96. The zero-order valence-corrected chi connectivity index (χ0v) is 16.4. The predicted molar refractivity (Wildman–Crippen MR) is 110 cm³/mol. The summed E-state index contributed by atoms with van der Waals surface area (Å²) in [5.41, 5.74) is 3.54. The zero-order chi connectivity index (χ0) is 20.4. The monoisotopic (exact) mass is 387 g/mol. The van der Waals surface area contributed by atoms with E-state index in [1.165, 1.54) is 0 Å². The van der Waals surface area contributed by atoms with Crippen molar-refractivity contribution in [2.45, 2.75) is 13.1 Å². The molecule has 29 heavy (non-hydrogen) atoms. The summed E-state index contributed by atoms with van der Waals surface area (Å²) in [5, 5.41) is 14.0. The van der Waals surface area contributed by atoms with E-state index < -0.39 is 0 Å². The van der Waals surface area contributed by atoms with Crippen LogP contribution in [0.5, 0.6) is 5.75 Å². The molecule has 1 aliphatic heterocycles. The van der Waals surface area contributed by atoms with Crippen molar-refractivity contribution in [1.29, 1.82) is 5.26 Å². The Morgan fingerprint density at radius 1 is 1.17 bits per heavy atom. The standard InChI is InChI=1S/C22H21N5O2/c1-25(18-7-9-19(29-2)10-8-18)15-17-13-21-22(28)26(11-12-27(21)24-17)20-6-4-3-5-16(20)14-23/h3-10,13H,11-12,15H2,1-2H3. The smallest absolute Gasteiger partial charge is 0.276 e. The Morgan fingerprint density at radius 3 is 2.66 bits per heavy atom. The van der Waals surface area contributed by atoms with Gasteiger partial charge in [0.1, 0.15) is 17.5 Å². The largest absolute Gasteiger partial charge is 0.497 e. The molecular weight excluding hydrogens is 366 g/mol. The first kappa shape index (κ1) is 18.6. The third-order valence-corrected chi connectivity index (χ3v) is 5.06. The van der Waals surface area contributed by atoms with Crippen LogP contribution < -0.4 is 14.5 Å². The molecule has 146 valence electrons. The highest BCUT2D eigenvalue weighted by atomic mass is 16.5. The highest BCUT2D eigenvalue weighted by Gasteiger charge is 2.28. The molecule has 7 nitrogen and oxygen atoms in total. The molecule has 0 fully saturated rings.